The van der Waals surface area contributed by atoms with Gasteiger partial charge < -0.3 is 0 Å². The predicted octanol–water partition coefficient (Wildman–Crippen LogP) is 13.6. The minimum absolute atomic E-state index is 1.25. The summed E-state index contributed by atoms with van der Waals surface area (Å²) in [6.07, 6.45) is 0. The van der Waals surface area contributed by atoms with Crippen LogP contribution in [0.3, 0.4) is 0 Å². The molecule has 0 amide bonds. The van der Waals surface area contributed by atoms with E-state index in [0.29, 0.717) is 0 Å². The Labute approximate surface area is 277 Å². The molecule has 0 aromatic heterocycles. The summed E-state index contributed by atoms with van der Waals surface area (Å²) in [4.78, 5) is 0. The zero-order valence-electron chi connectivity index (χ0n) is 26.2. The molecule has 0 spiro atoms. The van der Waals surface area contributed by atoms with E-state index in [9.17, 15) is 0 Å². The monoisotopic (exact) mass is 604 g/mol. The number of hydrogen-bond acceptors (Lipinski definition) is 0. The first-order valence-electron chi connectivity index (χ1n) is 16.8. The van der Waals surface area contributed by atoms with Crippen LogP contribution in [0.4, 0.5) is 0 Å². The molecule has 0 heterocycles. The Kier molecular flexibility index (Phi) is 5.20. The maximum atomic E-state index is 2.52. The molecule has 0 radical (unpaired) electrons. The zero-order valence-corrected chi connectivity index (χ0v) is 26.2. The van der Waals surface area contributed by atoms with Gasteiger partial charge in [-0.15, -0.1) is 0 Å². The lowest BCUT2D eigenvalue weighted by atomic mass is 9.84. The lowest BCUT2D eigenvalue weighted by Gasteiger charge is -2.19. The molecule has 0 saturated heterocycles. The summed E-state index contributed by atoms with van der Waals surface area (Å²) in [5.74, 6) is 0. The Morgan fingerprint density at radius 3 is 1.42 bits per heavy atom. The predicted molar refractivity (Wildman–Crippen MR) is 208 cm³/mol. The molecule has 0 fully saturated rings. The van der Waals surface area contributed by atoms with Crippen molar-refractivity contribution in [2.75, 3.05) is 0 Å². The van der Waals surface area contributed by atoms with Crippen LogP contribution in [0, 0.1) is 0 Å². The van der Waals surface area contributed by atoms with Crippen molar-refractivity contribution in [2.24, 2.45) is 0 Å². The van der Waals surface area contributed by atoms with Crippen LogP contribution in [0.5, 0.6) is 0 Å². The number of fused-ring (bicyclic) bond motifs is 8. The molecule has 0 unspecified atom stereocenters. The summed E-state index contributed by atoms with van der Waals surface area (Å²) >= 11 is 0. The highest BCUT2D eigenvalue weighted by atomic mass is 14.3. The molecule has 0 aliphatic rings. The van der Waals surface area contributed by atoms with Crippen molar-refractivity contribution >= 4 is 75.4 Å². The SMILES string of the molecule is c1ccc(-c2ccc3c(c2)c2cccc4c5c(-c6ccccc6)c6c7cccc8cccc(c6c(-c6ccccc6)c5cc3c24)c87)cc1. The van der Waals surface area contributed by atoms with E-state index in [-0.39, 0.29) is 0 Å². The molecule has 0 aliphatic heterocycles. The second kappa shape index (κ2) is 9.64. The Hall–Kier alpha value is -6.24. The van der Waals surface area contributed by atoms with Crippen molar-refractivity contribution in [3.63, 3.8) is 0 Å². The highest BCUT2D eigenvalue weighted by Gasteiger charge is 2.26. The molecule has 0 N–H and O–H groups in total. The van der Waals surface area contributed by atoms with Gasteiger partial charge in [0.15, 0.2) is 0 Å². The molecule has 0 heteroatoms. The molecular formula is C48H28. The average molecular weight is 605 g/mol. The van der Waals surface area contributed by atoms with Gasteiger partial charge in [0.25, 0.3) is 0 Å². The van der Waals surface area contributed by atoms with Gasteiger partial charge in [-0.3, -0.25) is 0 Å². The van der Waals surface area contributed by atoms with Crippen LogP contribution in [-0.4, -0.2) is 0 Å². The van der Waals surface area contributed by atoms with Gasteiger partial charge in [-0.05, 0) is 121 Å². The highest BCUT2D eigenvalue weighted by Crippen LogP contribution is 2.54. The van der Waals surface area contributed by atoms with E-state index in [1.807, 2.05) is 0 Å². The van der Waals surface area contributed by atoms with Crippen LogP contribution < -0.4 is 0 Å². The molecule has 0 saturated carbocycles. The maximum Gasteiger partial charge on any atom is -0.000719 e. The quantitative estimate of drug-likeness (QED) is 0.176. The van der Waals surface area contributed by atoms with Crippen molar-refractivity contribution in [3.05, 3.63) is 170 Å². The van der Waals surface area contributed by atoms with Crippen molar-refractivity contribution in [1.29, 1.82) is 0 Å². The summed E-state index contributed by atoms with van der Waals surface area (Å²) in [7, 11) is 0. The van der Waals surface area contributed by atoms with Crippen LogP contribution in [0.1, 0.15) is 0 Å². The lowest BCUT2D eigenvalue weighted by Crippen LogP contribution is -1.91. The second-order valence-electron chi connectivity index (χ2n) is 13.1. The van der Waals surface area contributed by atoms with Gasteiger partial charge in [0, 0.05) is 0 Å². The average Bonchev–Trinajstić information content (AvgIpc) is 3.66. The summed E-state index contributed by atoms with van der Waals surface area (Å²) in [6.45, 7) is 0. The molecule has 0 bridgehead atoms. The van der Waals surface area contributed by atoms with Crippen molar-refractivity contribution in [1.82, 2.24) is 0 Å². The van der Waals surface area contributed by atoms with E-state index in [1.165, 1.54) is 109 Å². The number of hydrogen-bond donors (Lipinski definition) is 0. The molecule has 0 atom stereocenters. The second-order valence-corrected chi connectivity index (χ2v) is 13.1. The third-order valence-electron chi connectivity index (χ3n) is 10.7. The van der Waals surface area contributed by atoms with Gasteiger partial charge in [0.05, 0.1) is 0 Å². The minimum Gasteiger partial charge on any atom is -0.0622 e. The summed E-state index contributed by atoms with van der Waals surface area (Å²) in [6, 6.07) is 63.1. The molecule has 220 valence electrons. The summed E-state index contributed by atoms with van der Waals surface area (Å²) < 4.78 is 0. The number of rotatable bonds is 3. The first-order chi connectivity index (χ1) is 23.8. The van der Waals surface area contributed by atoms with E-state index in [1.54, 1.807) is 0 Å². The molecular weight excluding hydrogens is 577 g/mol. The van der Waals surface area contributed by atoms with E-state index in [2.05, 4.69) is 170 Å². The fourth-order valence-corrected chi connectivity index (χ4v) is 8.80. The standard InChI is InChI=1S/C48H28/c1-4-13-29(14-5-1)33-25-26-34-39(27-33)35-21-12-24-38-45(35)40(34)28-41-43(31-15-6-2-7-16-31)47-36-22-10-19-30-20-11-23-37(42(30)36)48(47)44(46(38)41)32-17-8-3-9-18-32/h1-28H. The Balaban J connectivity index is 1.44. The molecule has 11 aromatic carbocycles. The highest BCUT2D eigenvalue weighted by molar-refractivity contribution is 6.44. The lowest BCUT2D eigenvalue weighted by molar-refractivity contribution is 1.66. The largest absolute Gasteiger partial charge is 0.0622 e. The van der Waals surface area contributed by atoms with Gasteiger partial charge in [-0.2, -0.15) is 0 Å². The molecule has 0 aliphatic carbocycles. The summed E-state index contributed by atoms with van der Waals surface area (Å²) in [5, 5.41) is 18.6. The Morgan fingerprint density at radius 1 is 0.208 bits per heavy atom. The van der Waals surface area contributed by atoms with E-state index in [0.717, 1.165) is 0 Å². The van der Waals surface area contributed by atoms with Crippen molar-refractivity contribution in [2.45, 2.75) is 0 Å². The van der Waals surface area contributed by atoms with Gasteiger partial charge in [0.1, 0.15) is 0 Å². The molecule has 11 rings (SSSR count). The molecule has 0 nitrogen and oxygen atoms in total. The van der Waals surface area contributed by atoms with Crippen LogP contribution in [-0.2, 0) is 0 Å². The smallest absolute Gasteiger partial charge is 0.000719 e. The van der Waals surface area contributed by atoms with E-state index < -0.39 is 0 Å². The fraction of sp³-hybridized carbons (Fsp3) is 0. The van der Waals surface area contributed by atoms with Gasteiger partial charge in [-0.25, -0.2) is 0 Å². The zero-order chi connectivity index (χ0) is 31.3. The summed E-state index contributed by atoms with van der Waals surface area (Å²) in [5.41, 5.74) is 7.66. The van der Waals surface area contributed by atoms with Crippen LogP contribution in [0.15, 0.2) is 170 Å². The molecule has 48 heavy (non-hydrogen) atoms. The van der Waals surface area contributed by atoms with Gasteiger partial charge in [0.2, 0.25) is 0 Å². The van der Waals surface area contributed by atoms with Crippen LogP contribution >= 0.6 is 0 Å². The Morgan fingerprint density at radius 2 is 0.750 bits per heavy atom. The van der Waals surface area contributed by atoms with Crippen molar-refractivity contribution in [3.8, 4) is 33.4 Å². The van der Waals surface area contributed by atoms with Gasteiger partial charge in [-0.1, -0.05) is 158 Å². The van der Waals surface area contributed by atoms with Crippen molar-refractivity contribution < 1.29 is 0 Å². The number of benzene rings is 9. The van der Waals surface area contributed by atoms with E-state index in [4.69, 9.17) is 0 Å². The minimum atomic E-state index is 1.25. The van der Waals surface area contributed by atoms with Crippen LogP contribution in [0.25, 0.3) is 109 Å². The third kappa shape index (κ3) is 3.39. The first kappa shape index (κ1) is 25.9. The van der Waals surface area contributed by atoms with Crippen LogP contribution in [0.2, 0.25) is 0 Å². The molecule has 11 aromatic rings. The maximum absolute atomic E-state index is 2.52. The third-order valence-corrected chi connectivity index (χ3v) is 10.7. The Bertz CT molecular complexity index is 3000. The normalized spacial score (nSPS) is 12.2. The first-order valence-corrected chi connectivity index (χ1v) is 16.8. The van der Waals surface area contributed by atoms with E-state index >= 15 is 0 Å². The van der Waals surface area contributed by atoms with Gasteiger partial charge >= 0.3 is 0 Å². The fourth-order valence-electron chi connectivity index (χ4n) is 8.80. The topological polar surface area (TPSA) is 0 Å².